The molecule has 2 atom stereocenters. The van der Waals surface area contributed by atoms with E-state index in [1.165, 1.54) is 6.07 Å². The predicted molar refractivity (Wildman–Crippen MR) is 71.2 cm³/mol. The molecule has 2 unspecified atom stereocenters. The summed E-state index contributed by atoms with van der Waals surface area (Å²) in [7, 11) is 0. The molecule has 3 rings (SSSR count). The molecule has 21 heavy (non-hydrogen) atoms. The van der Waals surface area contributed by atoms with Gasteiger partial charge in [-0.25, -0.2) is 14.1 Å². The molecule has 2 amide bonds. The average molecular weight is 291 g/mol. The van der Waals surface area contributed by atoms with Gasteiger partial charge in [-0.1, -0.05) is 6.92 Å². The molecule has 1 aromatic carbocycles. The quantitative estimate of drug-likeness (QED) is 0.846. The van der Waals surface area contributed by atoms with Crippen LogP contribution in [0.3, 0.4) is 0 Å². The Hall–Kier alpha value is -2.24. The van der Waals surface area contributed by atoms with Gasteiger partial charge in [0.1, 0.15) is 5.82 Å². The zero-order chi connectivity index (χ0) is 15.3. The van der Waals surface area contributed by atoms with E-state index in [0.717, 1.165) is 17.0 Å². The first-order chi connectivity index (χ1) is 9.90. The monoisotopic (exact) mass is 291 g/mol. The van der Waals surface area contributed by atoms with Gasteiger partial charge in [0.25, 0.3) is 0 Å². The van der Waals surface area contributed by atoms with Gasteiger partial charge < -0.3 is 5.11 Å². The van der Waals surface area contributed by atoms with Gasteiger partial charge in [-0.2, -0.15) is 0 Å². The van der Waals surface area contributed by atoms with Gasteiger partial charge in [-0.3, -0.25) is 9.59 Å². The molecule has 0 spiro atoms. The van der Waals surface area contributed by atoms with Crippen LogP contribution in [0.4, 0.5) is 10.1 Å². The van der Waals surface area contributed by atoms with E-state index in [9.17, 15) is 18.8 Å². The smallest absolute Gasteiger partial charge is 0.337 e. The molecule has 1 saturated heterocycles. The van der Waals surface area contributed by atoms with Crippen molar-refractivity contribution in [1.29, 1.82) is 0 Å². The molecule has 5 nitrogen and oxygen atoms in total. The number of carbonyl (C=O) groups is 3. The summed E-state index contributed by atoms with van der Waals surface area (Å²) in [6, 6.07) is 3.06. The zero-order valence-electron chi connectivity index (χ0n) is 11.4. The largest absolute Gasteiger partial charge is 0.478 e. The molecule has 6 heteroatoms. The normalized spacial score (nSPS) is 28.1. The number of nitrogens with zero attached hydrogens (tertiary/aromatic N) is 1. The van der Waals surface area contributed by atoms with Gasteiger partial charge in [0.15, 0.2) is 0 Å². The van der Waals surface area contributed by atoms with E-state index in [1.807, 2.05) is 6.92 Å². The SMILES string of the molecule is CC1CC2C(=O)N(c3ccc(F)cc3C(=O)O)C(=O)C2C1. The molecule has 0 bridgehead atoms. The molecule has 1 N–H and O–H groups in total. The van der Waals surface area contributed by atoms with E-state index in [4.69, 9.17) is 5.11 Å². The Bertz CT molecular complexity index is 633. The van der Waals surface area contributed by atoms with Crippen molar-refractivity contribution < 1.29 is 23.9 Å². The van der Waals surface area contributed by atoms with Crippen molar-refractivity contribution in [3.63, 3.8) is 0 Å². The summed E-state index contributed by atoms with van der Waals surface area (Å²) in [5, 5.41) is 9.15. The van der Waals surface area contributed by atoms with Crippen LogP contribution >= 0.6 is 0 Å². The number of halogens is 1. The average Bonchev–Trinajstić information content (AvgIpc) is 2.90. The van der Waals surface area contributed by atoms with Crippen LogP contribution in [-0.2, 0) is 9.59 Å². The van der Waals surface area contributed by atoms with Crippen molar-refractivity contribution in [2.24, 2.45) is 17.8 Å². The lowest BCUT2D eigenvalue weighted by Gasteiger charge is -2.18. The van der Waals surface area contributed by atoms with Crippen LogP contribution in [-0.4, -0.2) is 22.9 Å². The van der Waals surface area contributed by atoms with E-state index in [-0.39, 0.29) is 34.9 Å². The highest BCUT2D eigenvalue weighted by Crippen LogP contribution is 2.44. The molecule has 1 aromatic rings. The molecule has 0 aromatic heterocycles. The van der Waals surface area contributed by atoms with E-state index in [1.54, 1.807) is 0 Å². The summed E-state index contributed by atoms with van der Waals surface area (Å²) in [6.07, 6.45) is 1.27. The van der Waals surface area contributed by atoms with Crippen LogP contribution < -0.4 is 4.90 Å². The van der Waals surface area contributed by atoms with E-state index in [0.29, 0.717) is 18.8 Å². The third kappa shape index (κ3) is 2.02. The highest BCUT2D eigenvalue weighted by Gasteiger charge is 2.52. The summed E-state index contributed by atoms with van der Waals surface area (Å²) >= 11 is 0. The maximum absolute atomic E-state index is 13.2. The van der Waals surface area contributed by atoms with Gasteiger partial charge in [0.05, 0.1) is 23.1 Å². The first-order valence-electron chi connectivity index (χ1n) is 6.80. The second kappa shape index (κ2) is 4.65. The summed E-state index contributed by atoms with van der Waals surface area (Å²) in [5.74, 6) is -3.27. The Balaban J connectivity index is 2.04. The van der Waals surface area contributed by atoms with E-state index >= 15 is 0 Å². The van der Waals surface area contributed by atoms with Gasteiger partial charge in [0.2, 0.25) is 11.8 Å². The van der Waals surface area contributed by atoms with Crippen LogP contribution in [0.15, 0.2) is 18.2 Å². The topological polar surface area (TPSA) is 74.7 Å². The molecule has 1 heterocycles. The number of carbonyl (C=O) groups excluding carboxylic acids is 2. The fourth-order valence-electron chi connectivity index (χ4n) is 3.39. The number of carboxylic acid groups (broad SMARTS) is 1. The Morgan fingerprint density at radius 3 is 2.33 bits per heavy atom. The minimum Gasteiger partial charge on any atom is -0.478 e. The zero-order valence-corrected chi connectivity index (χ0v) is 11.4. The number of benzene rings is 1. The Morgan fingerprint density at radius 1 is 1.24 bits per heavy atom. The second-order valence-electron chi connectivity index (χ2n) is 5.77. The Kier molecular flexibility index (Phi) is 3.04. The van der Waals surface area contributed by atoms with Crippen molar-refractivity contribution in [2.75, 3.05) is 4.90 Å². The summed E-state index contributed by atoms with van der Waals surface area (Å²) in [6.45, 7) is 1.99. The third-order valence-corrected chi connectivity index (χ3v) is 4.30. The number of aromatic carboxylic acids is 1. The van der Waals surface area contributed by atoms with E-state index < -0.39 is 11.8 Å². The first-order valence-corrected chi connectivity index (χ1v) is 6.80. The van der Waals surface area contributed by atoms with Gasteiger partial charge in [-0.05, 0) is 37.0 Å². The number of rotatable bonds is 2. The first kappa shape index (κ1) is 13.7. The number of amides is 2. The van der Waals surface area contributed by atoms with Gasteiger partial charge in [0, 0.05) is 0 Å². The molecular weight excluding hydrogens is 277 g/mol. The molecule has 110 valence electrons. The molecule has 2 fully saturated rings. The highest BCUT2D eigenvalue weighted by atomic mass is 19.1. The fourth-order valence-corrected chi connectivity index (χ4v) is 3.39. The lowest BCUT2D eigenvalue weighted by Crippen LogP contribution is -2.33. The van der Waals surface area contributed by atoms with Crippen LogP contribution in [0.2, 0.25) is 0 Å². The molecule has 0 radical (unpaired) electrons. The molecule has 2 aliphatic rings. The van der Waals surface area contributed by atoms with Crippen LogP contribution in [0.25, 0.3) is 0 Å². The minimum atomic E-state index is -1.37. The molecule has 1 saturated carbocycles. The lowest BCUT2D eigenvalue weighted by molar-refractivity contribution is -0.123. The maximum atomic E-state index is 13.2. The highest BCUT2D eigenvalue weighted by molar-refractivity contribution is 6.24. The number of hydrogen-bond donors (Lipinski definition) is 1. The minimum absolute atomic E-state index is 0.0408. The van der Waals surface area contributed by atoms with Crippen LogP contribution in [0.5, 0.6) is 0 Å². The Morgan fingerprint density at radius 2 is 1.81 bits per heavy atom. The molecule has 1 aliphatic carbocycles. The third-order valence-electron chi connectivity index (χ3n) is 4.30. The van der Waals surface area contributed by atoms with Gasteiger partial charge in [-0.15, -0.1) is 0 Å². The van der Waals surface area contributed by atoms with Crippen molar-refractivity contribution in [3.8, 4) is 0 Å². The number of anilines is 1. The maximum Gasteiger partial charge on any atom is 0.337 e. The van der Waals surface area contributed by atoms with Gasteiger partial charge >= 0.3 is 5.97 Å². The van der Waals surface area contributed by atoms with Crippen molar-refractivity contribution in [3.05, 3.63) is 29.6 Å². The number of fused-ring (bicyclic) bond motifs is 1. The summed E-state index contributed by atoms with van der Waals surface area (Å²) in [4.78, 5) is 37.0. The predicted octanol–water partition coefficient (Wildman–Crippen LogP) is 2.06. The summed E-state index contributed by atoms with van der Waals surface area (Å²) in [5.41, 5.74) is -0.411. The van der Waals surface area contributed by atoms with Crippen molar-refractivity contribution in [1.82, 2.24) is 0 Å². The summed E-state index contributed by atoms with van der Waals surface area (Å²) < 4.78 is 13.2. The Labute approximate surface area is 120 Å². The van der Waals surface area contributed by atoms with Crippen LogP contribution in [0.1, 0.15) is 30.1 Å². The number of carboxylic acids is 1. The van der Waals surface area contributed by atoms with Crippen molar-refractivity contribution in [2.45, 2.75) is 19.8 Å². The molecule has 1 aliphatic heterocycles. The lowest BCUT2D eigenvalue weighted by atomic mass is 10.00. The fraction of sp³-hybridized carbons (Fsp3) is 0.400. The second-order valence-corrected chi connectivity index (χ2v) is 5.77. The molecular formula is C15H14FNO4. The number of imide groups is 1. The standard InChI is InChI=1S/C15H14FNO4/c1-7-4-9-10(5-7)14(19)17(13(9)18)12-3-2-8(16)6-11(12)15(20)21/h2-3,6-7,9-10H,4-5H2,1H3,(H,20,21). The van der Waals surface area contributed by atoms with Crippen molar-refractivity contribution >= 4 is 23.5 Å². The number of hydrogen-bond acceptors (Lipinski definition) is 3. The van der Waals surface area contributed by atoms with Crippen LogP contribution in [0, 0.1) is 23.6 Å². The van der Waals surface area contributed by atoms with E-state index in [2.05, 4.69) is 0 Å².